The first-order valence-corrected chi connectivity index (χ1v) is 27.4. The third-order valence-corrected chi connectivity index (χ3v) is 66.7. The molecular formula is C10H24S2Sn2. The molecule has 0 aromatic carbocycles. The molecule has 1 fully saturated rings. The van der Waals surface area contributed by atoms with Gasteiger partial charge in [0, 0.05) is 0 Å². The molecule has 0 N–H and O–H groups in total. The van der Waals surface area contributed by atoms with Crippen LogP contribution < -0.4 is 0 Å². The molecule has 1 heterocycles. The van der Waals surface area contributed by atoms with Crippen molar-refractivity contribution >= 4 is 60.3 Å². The van der Waals surface area contributed by atoms with E-state index >= 15 is 0 Å². The normalized spacial score (nSPS) is 23.6. The zero-order valence-corrected chi connectivity index (χ0v) is 17.8. The van der Waals surface area contributed by atoms with Crippen molar-refractivity contribution in [2.75, 3.05) is 11.5 Å². The van der Waals surface area contributed by atoms with Crippen LogP contribution in [0.15, 0.2) is 0 Å². The van der Waals surface area contributed by atoms with Crippen molar-refractivity contribution in [3.05, 3.63) is 0 Å². The van der Waals surface area contributed by atoms with Crippen molar-refractivity contribution in [2.24, 2.45) is 0 Å². The Morgan fingerprint density at radius 2 is 1.14 bits per heavy atom. The van der Waals surface area contributed by atoms with Gasteiger partial charge in [-0.15, -0.1) is 0 Å². The van der Waals surface area contributed by atoms with Crippen molar-refractivity contribution in [3.8, 4) is 0 Å². The Bertz CT molecular complexity index is 181. The van der Waals surface area contributed by atoms with Gasteiger partial charge in [0.15, 0.2) is 0 Å². The van der Waals surface area contributed by atoms with Crippen LogP contribution in [0.4, 0.5) is 0 Å². The van der Waals surface area contributed by atoms with E-state index in [-0.39, 0.29) is 0 Å². The van der Waals surface area contributed by atoms with Gasteiger partial charge in [0.05, 0.1) is 0 Å². The Balaban J connectivity index is 3.01. The van der Waals surface area contributed by atoms with E-state index in [0.717, 1.165) is 0.111 Å². The Hall–Kier alpha value is 2.30. The van der Waals surface area contributed by atoms with Crippen LogP contribution in [0.2, 0.25) is 29.6 Å². The monoisotopic (exact) mass is 448 g/mol. The molecule has 1 saturated heterocycles. The molecule has 0 bridgehead atoms. The fourth-order valence-corrected chi connectivity index (χ4v) is 74.2. The van der Waals surface area contributed by atoms with Crippen LogP contribution in [0.25, 0.3) is 0 Å². The van der Waals surface area contributed by atoms with Gasteiger partial charge in [0.2, 0.25) is 0 Å². The van der Waals surface area contributed by atoms with Crippen LogP contribution in [-0.2, 0) is 0 Å². The summed E-state index contributed by atoms with van der Waals surface area (Å²) in [6.45, 7) is 0. The van der Waals surface area contributed by atoms with E-state index in [9.17, 15) is 0 Å². The zero-order valence-electron chi connectivity index (χ0n) is 10.4. The van der Waals surface area contributed by atoms with Gasteiger partial charge in [0.1, 0.15) is 0 Å². The summed E-state index contributed by atoms with van der Waals surface area (Å²) in [5, 5.41) is 0. The second-order valence-corrected chi connectivity index (χ2v) is 47.2. The summed E-state index contributed by atoms with van der Waals surface area (Å²) in [6.07, 6.45) is 1.45. The maximum absolute atomic E-state index is 2.65. The standard InChI is InChI=1S/C4H6S2.6CH3.2Sn/c1-2-5-4-6-3-1;;;;;;;;/h1-3H2;6*1H3;;. The number of rotatable bonds is 2. The fraction of sp³-hybridized carbons (Fsp3) is 1.00. The first kappa shape index (κ1) is 14.4. The van der Waals surface area contributed by atoms with Crippen LogP contribution in [0, 0.1) is 0 Å². The zero-order chi connectivity index (χ0) is 11.0. The summed E-state index contributed by atoms with van der Waals surface area (Å²) >= 11 is 1.17. The van der Waals surface area contributed by atoms with Gasteiger partial charge in [-0.2, -0.15) is 0 Å². The molecule has 0 atom stereocenters. The summed E-state index contributed by atoms with van der Waals surface area (Å²) in [4.78, 5) is 15.9. The van der Waals surface area contributed by atoms with Gasteiger partial charge in [-0.05, 0) is 0 Å². The molecule has 0 unspecified atom stereocenters. The van der Waals surface area contributed by atoms with Crippen molar-refractivity contribution in [1.29, 1.82) is 0 Å². The molecule has 0 amide bonds. The van der Waals surface area contributed by atoms with E-state index in [0.29, 0.717) is 0 Å². The molecule has 84 valence electrons. The fourth-order valence-electron chi connectivity index (χ4n) is 2.52. The van der Waals surface area contributed by atoms with Gasteiger partial charge in [0.25, 0.3) is 0 Å². The van der Waals surface area contributed by atoms with Crippen LogP contribution in [0.3, 0.4) is 0 Å². The first-order chi connectivity index (χ1) is 6.21. The maximum atomic E-state index is 2.65. The van der Waals surface area contributed by atoms with Gasteiger partial charge in [-0.25, -0.2) is 0 Å². The topological polar surface area (TPSA) is 0 Å². The Kier molecular flexibility index (Phi) is 5.01. The van der Waals surface area contributed by atoms with Crippen molar-refractivity contribution < 1.29 is 0 Å². The minimum absolute atomic E-state index is 0.807. The van der Waals surface area contributed by atoms with Crippen molar-refractivity contribution in [3.63, 3.8) is 0 Å². The molecule has 1 aliphatic rings. The Labute approximate surface area is 106 Å². The average molecular weight is 446 g/mol. The molecular weight excluding hydrogens is 422 g/mol. The van der Waals surface area contributed by atoms with E-state index < -0.39 is 36.8 Å². The molecule has 0 aliphatic carbocycles. The van der Waals surface area contributed by atoms with E-state index in [4.69, 9.17) is 0 Å². The molecule has 1 aliphatic heterocycles. The second kappa shape index (κ2) is 4.89. The number of hydrogen-bond acceptors (Lipinski definition) is 2. The summed E-state index contributed by atoms with van der Waals surface area (Å²) in [6, 6.07) is 0. The van der Waals surface area contributed by atoms with Gasteiger partial charge >= 0.3 is 108 Å². The predicted octanol–water partition coefficient (Wildman–Crippen LogP) is 4.31. The SMILES string of the molecule is [CH3][Sn]([CH3])([CH3])[C]1([Sn]([CH3])([CH3])[CH3])SCCCS1. The summed E-state index contributed by atoms with van der Waals surface area (Å²) in [7, 11) is 0. The van der Waals surface area contributed by atoms with Gasteiger partial charge in [-0.3, -0.25) is 0 Å². The summed E-state index contributed by atoms with van der Waals surface area (Å²) in [5.41, 5.74) is 0. The molecule has 0 radical (unpaired) electrons. The molecule has 0 spiro atoms. The van der Waals surface area contributed by atoms with Crippen molar-refractivity contribution in [2.45, 2.75) is 36.2 Å². The molecule has 1 rings (SSSR count). The summed E-state index contributed by atoms with van der Waals surface area (Å²) < 4.78 is 0.807. The van der Waals surface area contributed by atoms with Crippen LogP contribution in [0.1, 0.15) is 6.42 Å². The van der Waals surface area contributed by atoms with Crippen LogP contribution >= 0.6 is 23.5 Å². The quantitative estimate of drug-likeness (QED) is 0.581. The molecule has 0 aromatic heterocycles. The van der Waals surface area contributed by atoms with E-state index in [1.165, 1.54) is 17.9 Å². The average Bonchev–Trinajstić information content (AvgIpc) is 2.02. The van der Waals surface area contributed by atoms with Gasteiger partial charge in [-0.1, -0.05) is 0 Å². The van der Waals surface area contributed by atoms with E-state index in [1.807, 2.05) is 0 Å². The molecule has 14 heavy (non-hydrogen) atoms. The predicted molar refractivity (Wildman–Crippen MR) is 79.0 cm³/mol. The molecule has 0 saturated carbocycles. The van der Waals surface area contributed by atoms with Crippen LogP contribution in [0.5, 0.6) is 0 Å². The minimum atomic E-state index is -1.79. The first-order valence-electron chi connectivity index (χ1n) is 5.49. The number of thioether (sulfide) groups is 2. The summed E-state index contributed by atoms with van der Waals surface area (Å²) in [5.74, 6) is 2.88. The third kappa shape index (κ3) is 2.75. The Morgan fingerprint density at radius 3 is 1.36 bits per heavy atom. The number of hydrogen-bond donors (Lipinski definition) is 0. The Morgan fingerprint density at radius 1 is 0.786 bits per heavy atom. The third-order valence-electron chi connectivity index (χ3n) is 2.87. The van der Waals surface area contributed by atoms with E-state index in [2.05, 4.69) is 53.2 Å². The molecule has 0 nitrogen and oxygen atoms in total. The van der Waals surface area contributed by atoms with Crippen LogP contribution in [-0.4, -0.2) is 48.4 Å². The second-order valence-electron chi connectivity index (χ2n) is 6.17. The van der Waals surface area contributed by atoms with Crippen molar-refractivity contribution in [1.82, 2.24) is 0 Å². The van der Waals surface area contributed by atoms with Gasteiger partial charge < -0.3 is 0 Å². The molecule has 4 heteroatoms. The van der Waals surface area contributed by atoms with E-state index in [1.54, 1.807) is 0 Å². The molecule has 0 aromatic rings.